The summed E-state index contributed by atoms with van der Waals surface area (Å²) in [6, 6.07) is 13.1. The number of hydrogen-bond acceptors (Lipinski definition) is 6. The van der Waals surface area contributed by atoms with E-state index in [0.29, 0.717) is 17.7 Å². The molecule has 1 aliphatic heterocycles. The number of aryl methyl sites for hydroxylation is 1. The van der Waals surface area contributed by atoms with Crippen LogP contribution in [0.4, 0.5) is 0 Å². The smallest absolute Gasteiger partial charge is 0.251 e. The van der Waals surface area contributed by atoms with E-state index in [0.717, 1.165) is 16.7 Å². The summed E-state index contributed by atoms with van der Waals surface area (Å²) in [6.07, 6.45) is -3.32. The van der Waals surface area contributed by atoms with Crippen LogP contribution >= 0.6 is 0 Å². The van der Waals surface area contributed by atoms with Crippen LogP contribution in [0.5, 0.6) is 5.75 Å². The third kappa shape index (κ3) is 5.43. The van der Waals surface area contributed by atoms with E-state index in [9.17, 15) is 20.1 Å². The van der Waals surface area contributed by atoms with Crippen LogP contribution in [0.25, 0.3) is 11.1 Å². The standard InChI is InChI=1S/C24H31NO6/c1-4-18(26)21-12-19(27)23(28)22(31-21)13-30-20-9-8-16(10-14(20)2)15-6-5-7-17(11-15)24(29)25-3/h5-11,18-19,21-23,26-28H,4,12-13H2,1-3H3,(H,25,29). The maximum atomic E-state index is 11.9. The molecule has 31 heavy (non-hydrogen) atoms. The number of benzene rings is 2. The van der Waals surface area contributed by atoms with Gasteiger partial charge in [0, 0.05) is 19.0 Å². The van der Waals surface area contributed by atoms with Crippen molar-refractivity contribution in [1.82, 2.24) is 5.32 Å². The maximum absolute atomic E-state index is 11.9. The lowest BCUT2D eigenvalue weighted by molar-refractivity contribution is -0.199. The molecule has 0 aromatic heterocycles. The summed E-state index contributed by atoms with van der Waals surface area (Å²) >= 11 is 0. The first-order valence-corrected chi connectivity index (χ1v) is 10.6. The van der Waals surface area contributed by atoms with Gasteiger partial charge in [-0.3, -0.25) is 4.79 Å². The number of aliphatic hydroxyl groups excluding tert-OH is 3. The van der Waals surface area contributed by atoms with E-state index < -0.39 is 30.5 Å². The Balaban J connectivity index is 1.70. The summed E-state index contributed by atoms with van der Waals surface area (Å²) in [6.45, 7) is 3.81. The highest BCUT2D eigenvalue weighted by atomic mass is 16.6. The number of aliphatic hydroxyl groups is 3. The third-order valence-electron chi connectivity index (χ3n) is 5.71. The van der Waals surface area contributed by atoms with Gasteiger partial charge >= 0.3 is 0 Å². The van der Waals surface area contributed by atoms with Crippen LogP contribution < -0.4 is 10.1 Å². The quantitative estimate of drug-likeness (QED) is 0.537. The van der Waals surface area contributed by atoms with Crippen LogP contribution in [-0.2, 0) is 4.74 Å². The summed E-state index contributed by atoms with van der Waals surface area (Å²) in [5, 5.41) is 33.1. The van der Waals surface area contributed by atoms with Gasteiger partial charge < -0.3 is 30.1 Å². The van der Waals surface area contributed by atoms with Crippen molar-refractivity contribution in [2.75, 3.05) is 13.7 Å². The largest absolute Gasteiger partial charge is 0.491 e. The van der Waals surface area contributed by atoms with E-state index >= 15 is 0 Å². The second-order valence-corrected chi connectivity index (χ2v) is 7.93. The van der Waals surface area contributed by atoms with Crippen molar-refractivity contribution in [3.05, 3.63) is 53.6 Å². The van der Waals surface area contributed by atoms with Crippen molar-refractivity contribution < 1.29 is 29.6 Å². The molecule has 0 spiro atoms. The molecule has 7 nitrogen and oxygen atoms in total. The van der Waals surface area contributed by atoms with Gasteiger partial charge in [-0.1, -0.05) is 25.1 Å². The Bertz CT molecular complexity index is 901. The number of carbonyl (C=O) groups is 1. The topological polar surface area (TPSA) is 108 Å². The van der Waals surface area contributed by atoms with Crippen molar-refractivity contribution in [1.29, 1.82) is 0 Å². The second-order valence-electron chi connectivity index (χ2n) is 7.93. The molecule has 0 bridgehead atoms. The molecule has 2 aromatic rings. The third-order valence-corrected chi connectivity index (χ3v) is 5.71. The predicted molar refractivity (Wildman–Crippen MR) is 117 cm³/mol. The highest BCUT2D eigenvalue weighted by Gasteiger charge is 2.39. The van der Waals surface area contributed by atoms with Crippen LogP contribution in [0.2, 0.25) is 0 Å². The van der Waals surface area contributed by atoms with Gasteiger partial charge in [-0.25, -0.2) is 0 Å². The molecule has 7 heteroatoms. The first-order chi connectivity index (χ1) is 14.8. The highest BCUT2D eigenvalue weighted by molar-refractivity contribution is 5.95. The summed E-state index contributed by atoms with van der Waals surface area (Å²) in [4.78, 5) is 11.9. The second kappa shape index (κ2) is 10.2. The lowest BCUT2D eigenvalue weighted by atomic mass is 9.94. The zero-order valence-electron chi connectivity index (χ0n) is 18.1. The average Bonchev–Trinajstić information content (AvgIpc) is 2.79. The van der Waals surface area contributed by atoms with Gasteiger partial charge in [-0.2, -0.15) is 0 Å². The van der Waals surface area contributed by atoms with Crippen LogP contribution in [0, 0.1) is 6.92 Å². The van der Waals surface area contributed by atoms with Crippen molar-refractivity contribution in [3.63, 3.8) is 0 Å². The van der Waals surface area contributed by atoms with Crippen LogP contribution in [-0.4, -0.2) is 65.4 Å². The molecule has 0 saturated carbocycles. The molecule has 168 valence electrons. The van der Waals surface area contributed by atoms with Gasteiger partial charge in [0.25, 0.3) is 5.91 Å². The van der Waals surface area contributed by atoms with Gasteiger partial charge in [0.1, 0.15) is 24.6 Å². The molecular formula is C24H31NO6. The average molecular weight is 430 g/mol. The Hall–Kier alpha value is -2.45. The van der Waals surface area contributed by atoms with Gasteiger partial charge in [-0.15, -0.1) is 0 Å². The van der Waals surface area contributed by atoms with Crippen LogP contribution in [0.15, 0.2) is 42.5 Å². The molecule has 1 saturated heterocycles. The summed E-state index contributed by atoms with van der Waals surface area (Å²) in [5.74, 6) is 0.493. The van der Waals surface area contributed by atoms with Gasteiger partial charge in [0.2, 0.25) is 0 Å². The molecule has 5 unspecified atom stereocenters. The van der Waals surface area contributed by atoms with Crippen molar-refractivity contribution >= 4 is 5.91 Å². The summed E-state index contributed by atoms with van der Waals surface area (Å²) < 4.78 is 11.7. The van der Waals surface area contributed by atoms with E-state index in [1.165, 1.54) is 0 Å². The fraction of sp³-hybridized carbons (Fsp3) is 0.458. The SMILES string of the molecule is CCC(O)C1CC(O)C(O)C(COc2ccc(-c3cccc(C(=O)NC)c3)cc2C)O1. The fourth-order valence-corrected chi connectivity index (χ4v) is 3.78. The Kier molecular flexibility index (Phi) is 7.67. The monoisotopic (exact) mass is 429 g/mol. The normalized spacial score (nSPS) is 24.5. The number of rotatable bonds is 7. The first kappa shape index (κ1) is 23.2. The molecular weight excluding hydrogens is 398 g/mol. The van der Waals surface area contributed by atoms with Gasteiger partial charge in [0.15, 0.2) is 0 Å². The molecule has 3 rings (SSSR count). The minimum atomic E-state index is -1.08. The molecule has 1 amide bonds. The minimum Gasteiger partial charge on any atom is -0.491 e. The summed E-state index contributed by atoms with van der Waals surface area (Å²) in [7, 11) is 1.60. The molecule has 1 aliphatic rings. The zero-order valence-corrected chi connectivity index (χ0v) is 18.1. The van der Waals surface area contributed by atoms with E-state index in [2.05, 4.69) is 5.32 Å². The molecule has 4 N–H and O–H groups in total. The van der Waals surface area contributed by atoms with E-state index in [1.54, 1.807) is 13.1 Å². The molecule has 0 radical (unpaired) electrons. The van der Waals surface area contributed by atoms with Crippen molar-refractivity contribution in [3.8, 4) is 16.9 Å². The number of hydrogen-bond donors (Lipinski definition) is 4. The van der Waals surface area contributed by atoms with Gasteiger partial charge in [-0.05, 0) is 54.3 Å². The van der Waals surface area contributed by atoms with Gasteiger partial charge in [0.05, 0.1) is 18.3 Å². The number of ether oxygens (including phenoxy) is 2. The number of amides is 1. The van der Waals surface area contributed by atoms with Crippen LogP contribution in [0.1, 0.15) is 35.7 Å². The Morgan fingerprint density at radius 1 is 1.23 bits per heavy atom. The highest BCUT2D eigenvalue weighted by Crippen LogP contribution is 2.29. The Morgan fingerprint density at radius 2 is 1.97 bits per heavy atom. The molecule has 0 aliphatic carbocycles. The van der Waals surface area contributed by atoms with E-state index in [1.807, 2.05) is 50.2 Å². The van der Waals surface area contributed by atoms with E-state index in [-0.39, 0.29) is 18.9 Å². The summed E-state index contributed by atoms with van der Waals surface area (Å²) in [5.41, 5.74) is 3.34. The van der Waals surface area contributed by atoms with E-state index in [4.69, 9.17) is 9.47 Å². The fourth-order valence-electron chi connectivity index (χ4n) is 3.78. The van der Waals surface area contributed by atoms with Crippen molar-refractivity contribution in [2.24, 2.45) is 0 Å². The zero-order chi connectivity index (χ0) is 22.5. The first-order valence-electron chi connectivity index (χ1n) is 10.6. The Labute approximate surface area is 182 Å². The number of nitrogens with one attached hydrogen (secondary N) is 1. The minimum absolute atomic E-state index is 0.0531. The van der Waals surface area contributed by atoms with Crippen molar-refractivity contribution in [2.45, 2.75) is 57.2 Å². The molecule has 5 atom stereocenters. The lowest BCUT2D eigenvalue weighted by Crippen LogP contribution is -2.53. The molecule has 1 fully saturated rings. The number of carbonyl (C=O) groups excluding carboxylic acids is 1. The maximum Gasteiger partial charge on any atom is 0.251 e. The molecule has 1 heterocycles. The Morgan fingerprint density at radius 3 is 2.65 bits per heavy atom. The lowest BCUT2D eigenvalue weighted by Gasteiger charge is -2.38. The predicted octanol–water partition coefficient (Wildman–Crippen LogP) is 2.05. The van der Waals surface area contributed by atoms with Crippen LogP contribution in [0.3, 0.4) is 0 Å². The molecule has 2 aromatic carbocycles.